The maximum Gasteiger partial charge on any atom is 0.189 e. The summed E-state index contributed by atoms with van der Waals surface area (Å²) < 4.78 is 10.9. The van der Waals surface area contributed by atoms with Crippen LogP contribution in [0, 0.1) is 0 Å². The summed E-state index contributed by atoms with van der Waals surface area (Å²) in [5.74, 6) is 1.01. The molecule has 0 radical (unpaired) electrons. The number of hydrogen-bond donors (Lipinski definition) is 2. The van der Waals surface area contributed by atoms with Crippen LogP contribution in [0.4, 0.5) is 5.69 Å². The summed E-state index contributed by atoms with van der Waals surface area (Å²) in [6.07, 6.45) is 3.86. The summed E-state index contributed by atoms with van der Waals surface area (Å²) in [5, 5.41) is 8.40. The Bertz CT molecular complexity index is 845. The van der Waals surface area contributed by atoms with Gasteiger partial charge >= 0.3 is 0 Å². The number of nitrogens with two attached hydrogens (primary N) is 1. The molecular formula is C18H18ClN3O2. The molecule has 0 unspecified atom stereocenters. The van der Waals surface area contributed by atoms with Crippen LogP contribution in [0.1, 0.15) is 11.3 Å². The number of nitrogens with zero attached hydrogens (tertiary/aromatic N) is 1. The van der Waals surface area contributed by atoms with E-state index in [2.05, 4.69) is 10.2 Å². The predicted octanol–water partition coefficient (Wildman–Crippen LogP) is 3.91. The van der Waals surface area contributed by atoms with Crippen molar-refractivity contribution in [3.8, 4) is 5.75 Å². The molecule has 0 spiro atoms. The minimum absolute atomic E-state index is 0.104. The first-order valence-electron chi connectivity index (χ1n) is 7.56. The number of nitrogen functional groups attached to an aromatic ring is 1. The fraction of sp³-hybridized carbons (Fsp3) is 0.167. The van der Waals surface area contributed by atoms with Crippen molar-refractivity contribution in [3.05, 3.63) is 53.7 Å². The van der Waals surface area contributed by atoms with Gasteiger partial charge in [0.05, 0.1) is 23.5 Å². The van der Waals surface area contributed by atoms with Crippen LogP contribution in [0.25, 0.3) is 23.1 Å². The summed E-state index contributed by atoms with van der Waals surface area (Å²) >= 11 is 5.57. The molecule has 0 saturated heterocycles. The standard InChI is InChI=1S/C18H18ClN3O2/c19-10-11-23-12-24-18-13(4-3-6-15(18)20)8-9-17-14-5-1-2-7-16(14)21-22-17/h1-9H,10-12,20H2,(H,21,22). The summed E-state index contributed by atoms with van der Waals surface area (Å²) in [6, 6.07) is 13.6. The molecule has 1 heterocycles. The molecule has 3 rings (SSSR count). The molecule has 0 aliphatic heterocycles. The number of ether oxygens (including phenoxy) is 2. The molecule has 0 bridgehead atoms. The molecule has 0 fully saturated rings. The van der Waals surface area contributed by atoms with Gasteiger partial charge in [-0.05, 0) is 24.3 Å². The van der Waals surface area contributed by atoms with Gasteiger partial charge in [0.15, 0.2) is 12.5 Å². The Hall–Kier alpha value is -2.50. The normalized spacial score (nSPS) is 11.4. The van der Waals surface area contributed by atoms with Gasteiger partial charge in [0.25, 0.3) is 0 Å². The molecule has 0 aliphatic rings. The average molecular weight is 344 g/mol. The van der Waals surface area contributed by atoms with E-state index in [4.69, 9.17) is 26.8 Å². The van der Waals surface area contributed by atoms with E-state index in [1.807, 2.05) is 48.6 Å². The van der Waals surface area contributed by atoms with Gasteiger partial charge in [-0.25, -0.2) is 0 Å². The highest BCUT2D eigenvalue weighted by molar-refractivity contribution is 6.17. The first-order chi connectivity index (χ1) is 11.8. The monoisotopic (exact) mass is 343 g/mol. The quantitative estimate of drug-likeness (QED) is 0.295. The summed E-state index contributed by atoms with van der Waals surface area (Å²) in [7, 11) is 0. The van der Waals surface area contributed by atoms with E-state index in [1.165, 1.54) is 0 Å². The van der Waals surface area contributed by atoms with Crippen molar-refractivity contribution in [2.45, 2.75) is 0 Å². The van der Waals surface area contributed by atoms with E-state index in [9.17, 15) is 0 Å². The third kappa shape index (κ3) is 3.69. The lowest BCUT2D eigenvalue weighted by molar-refractivity contribution is 0.0237. The van der Waals surface area contributed by atoms with Gasteiger partial charge in [0.1, 0.15) is 0 Å². The number of rotatable bonds is 7. The van der Waals surface area contributed by atoms with Crippen LogP contribution >= 0.6 is 11.6 Å². The Balaban J connectivity index is 1.82. The first-order valence-corrected chi connectivity index (χ1v) is 8.09. The van der Waals surface area contributed by atoms with Gasteiger partial charge in [-0.2, -0.15) is 5.10 Å². The number of anilines is 1. The molecule has 2 aromatic carbocycles. The van der Waals surface area contributed by atoms with Crippen molar-refractivity contribution in [1.82, 2.24) is 10.2 Å². The number of aromatic nitrogens is 2. The first kappa shape index (κ1) is 16.4. The second-order valence-corrected chi connectivity index (χ2v) is 5.49. The van der Waals surface area contributed by atoms with Crippen LogP contribution in [0.3, 0.4) is 0 Å². The molecule has 3 aromatic rings. The number of H-pyrrole nitrogens is 1. The molecular weight excluding hydrogens is 326 g/mol. The number of benzene rings is 2. The summed E-state index contributed by atoms with van der Waals surface area (Å²) in [5.41, 5.74) is 9.28. The van der Waals surface area contributed by atoms with Crippen molar-refractivity contribution < 1.29 is 9.47 Å². The van der Waals surface area contributed by atoms with Crippen LogP contribution in [0.15, 0.2) is 42.5 Å². The Morgan fingerprint density at radius 3 is 2.88 bits per heavy atom. The fourth-order valence-electron chi connectivity index (χ4n) is 2.37. The van der Waals surface area contributed by atoms with E-state index in [1.54, 1.807) is 6.07 Å². The molecule has 0 saturated carbocycles. The third-order valence-corrected chi connectivity index (χ3v) is 3.66. The third-order valence-electron chi connectivity index (χ3n) is 3.50. The van der Waals surface area contributed by atoms with E-state index < -0.39 is 0 Å². The fourth-order valence-corrected chi connectivity index (χ4v) is 2.47. The van der Waals surface area contributed by atoms with Crippen LogP contribution in [-0.4, -0.2) is 29.5 Å². The Kier molecular flexibility index (Phi) is 5.36. The summed E-state index contributed by atoms with van der Waals surface area (Å²) in [4.78, 5) is 0. The lowest BCUT2D eigenvalue weighted by Gasteiger charge is -2.11. The number of hydrogen-bond acceptors (Lipinski definition) is 4. The van der Waals surface area contributed by atoms with Crippen LogP contribution in [-0.2, 0) is 4.74 Å². The molecule has 0 amide bonds. The lowest BCUT2D eigenvalue weighted by Crippen LogP contribution is -2.07. The second kappa shape index (κ2) is 7.86. The number of aromatic amines is 1. The number of fused-ring (bicyclic) bond motifs is 1. The SMILES string of the molecule is Nc1cccc(C=Cc2n[nH]c3ccccc23)c1OCOCCCl. The molecule has 24 heavy (non-hydrogen) atoms. The van der Waals surface area contributed by atoms with Gasteiger partial charge in [-0.1, -0.05) is 30.3 Å². The van der Waals surface area contributed by atoms with E-state index in [0.29, 0.717) is 23.9 Å². The predicted molar refractivity (Wildman–Crippen MR) is 98.0 cm³/mol. The topological polar surface area (TPSA) is 73.2 Å². The zero-order chi connectivity index (χ0) is 16.8. The van der Waals surface area contributed by atoms with Crippen LogP contribution < -0.4 is 10.5 Å². The number of para-hydroxylation sites is 2. The second-order valence-electron chi connectivity index (χ2n) is 5.11. The smallest absolute Gasteiger partial charge is 0.189 e. The van der Waals surface area contributed by atoms with Gasteiger partial charge in [-0.3, -0.25) is 5.10 Å². The number of alkyl halides is 1. The Morgan fingerprint density at radius 2 is 2.00 bits per heavy atom. The molecule has 0 atom stereocenters. The highest BCUT2D eigenvalue weighted by Gasteiger charge is 2.07. The van der Waals surface area contributed by atoms with E-state index in [0.717, 1.165) is 22.2 Å². The lowest BCUT2D eigenvalue weighted by atomic mass is 10.1. The van der Waals surface area contributed by atoms with E-state index >= 15 is 0 Å². The minimum Gasteiger partial charge on any atom is -0.465 e. The molecule has 1 aromatic heterocycles. The highest BCUT2D eigenvalue weighted by atomic mass is 35.5. The number of halogens is 1. The summed E-state index contributed by atoms with van der Waals surface area (Å²) in [6.45, 7) is 0.534. The zero-order valence-corrected chi connectivity index (χ0v) is 13.8. The largest absolute Gasteiger partial charge is 0.465 e. The van der Waals surface area contributed by atoms with Crippen molar-refractivity contribution in [1.29, 1.82) is 0 Å². The van der Waals surface area contributed by atoms with Crippen LogP contribution in [0.2, 0.25) is 0 Å². The highest BCUT2D eigenvalue weighted by Crippen LogP contribution is 2.28. The van der Waals surface area contributed by atoms with Gasteiger partial charge in [-0.15, -0.1) is 11.6 Å². The van der Waals surface area contributed by atoms with Crippen molar-refractivity contribution in [3.63, 3.8) is 0 Å². The zero-order valence-electron chi connectivity index (χ0n) is 13.0. The van der Waals surface area contributed by atoms with Gasteiger partial charge < -0.3 is 15.2 Å². The maximum atomic E-state index is 6.01. The molecule has 3 N–H and O–H groups in total. The maximum absolute atomic E-state index is 6.01. The van der Waals surface area contributed by atoms with Crippen molar-refractivity contribution in [2.24, 2.45) is 0 Å². The van der Waals surface area contributed by atoms with Gasteiger partial charge in [0.2, 0.25) is 0 Å². The number of nitrogens with one attached hydrogen (secondary N) is 1. The molecule has 0 aliphatic carbocycles. The average Bonchev–Trinajstić information content (AvgIpc) is 3.01. The van der Waals surface area contributed by atoms with E-state index in [-0.39, 0.29) is 6.79 Å². The minimum atomic E-state index is 0.104. The van der Waals surface area contributed by atoms with Crippen LogP contribution in [0.5, 0.6) is 5.75 Å². The molecule has 5 nitrogen and oxygen atoms in total. The van der Waals surface area contributed by atoms with Crippen molar-refractivity contribution in [2.75, 3.05) is 25.0 Å². The Morgan fingerprint density at radius 1 is 1.12 bits per heavy atom. The molecule has 124 valence electrons. The van der Waals surface area contributed by atoms with Crippen molar-refractivity contribution >= 4 is 40.3 Å². The molecule has 6 heteroatoms. The van der Waals surface area contributed by atoms with Gasteiger partial charge in [0, 0.05) is 16.8 Å². The Labute approximate surface area is 145 Å².